The summed E-state index contributed by atoms with van der Waals surface area (Å²) >= 11 is 0. The fourth-order valence-electron chi connectivity index (χ4n) is 5.69. The van der Waals surface area contributed by atoms with Crippen LogP contribution in [0.5, 0.6) is 11.5 Å². The van der Waals surface area contributed by atoms with E-state index >= 15 is 0 Å². The number of ether oxygens (including phenoxy) is 2. The van der Waals surface area contributed by atoms with Crippen LogP contribution >= 0.6 is 0 Å². The van der Waals surface area contributed by atoms with E-state index in [1.165, 1.54) is 6.42 Å². The van der Waals surface area contributed by atoms with Crippen LogP contribution in [0.15, 0.2) is 60.7 Å². The van der Waals surface area contributed by atoms with Crippen molar-refractivity contribution in [3.8, 4) is 22.8 Å². The number of benzene rings is 2. The normalized spacial score (nSPS) is 21.4. The van der Waals surface area contributed by atoms with Crippen molar-refractivity contribution >= 4 is 11.8 Å². The fraction of sp³-hybridized carbons (Fsp3) is 0.379. The summed E-state index contributed by atoms with van der Waals surface area (Å²) < 4.78 is 13.0. The molecule has 7 nitrogen and oxygen atoms in total. The fourth-order valence-corrected chi connectivity index (χ4v) is 5.69. The Morgan fingerprint density at radius 1 is 0.972 bits per heavy atom. The third-order valence-electron chi connectivity index (χ3n) is 7.78. The number of nitrogens with zero attached hydrogens (tertiary/aromatic N) is 2. The van der Waals surface area contributed by atoms with E-state index in [0.29, 0.717) is 30.3 Å². The van der Waals surface area contributed by atoms with Crippen molar-refractivity contribution in [1.82, 2.24) is 14.8 Å². The quantitative estimate of drug-likeness (QED) is 0.566. The number of fused-ring (bicyclic) bond motifs is 2. The van der Waals surface area contributed by atoms with Crippen LogP contribution in [-0.2, 0) is 17.9 Å². The number of hydrogen-bond acceptors (Lipinski definition) is 4. The van der Waals surface area contributed by atoms with E-state index in [2.05, 4.69) is 5.32 Å². The van der Waals surface area contributed by atoms with Crippen LogP contribution in [0.1, 0.15) is 55.1 Å². The Bertz CT molecular complexity index is 1300. The molecule has 36 heavy (non-hydrogen) atoms. The number of carbonyl (C=O) groups is 2. The first-order chi connectivity index (χ1) is 17.5. The molecule has 1 aromatic heterocycles. The third-order valence-corrected chi connectivity index (χ3v) is 7.78. The number of aromatic nitrogens is 1. The van der Waals surface area contributed by atoms with Gasteiger partial charge in [-0.15, -0.1) is 0 Å². The van der Waals surface area contributed by atoms with E-state index in [0.717, 1.165) is 42.5 Å². The molecule has 3 heterocycles. The van der Waals surface area contributed by atoms with Gasteiger partial charge < -0.3 is 24.3 Å². The molecule has 2 aliphatic heterocycles. The predicted octanol–water partition coefficient (Wildman–Crippen LogP) is 4.75. The van der Waals surface area contributed by atoms with E-state index in [1.807, 2.05) is 72.2 Å². The monoisotopic (exact) mass is 485 g/mol. The number of rotatable bonds is 5. The van der Waals surface area contributed by atoms with Crippen molar-refractivity contribution in [1.29, 1.82) is 0 Å². The summed E-state index contributed by atoms with van der Waals surface area (Å²) in [6.07, 6.45) is 5.44. The highest BCUT2D eigenvalue weighted by Crippen LogP contribution is 2.37. The molecule has 0 saturated heterocycles. The molecule has 2 amide bonds. The first-order valence-electron chi connectivity index (χ1n) is 12.8. The Balaban J connectivity index is 1.38. The number of nitrogens with one attached hydrogen (secondary N) is 1. The number of hydrogen-bond donors (Lipinski definition) is 1. The summed E-state index contributed by atoms with van der Waals surface area (Å²) in [4.78, 5) is 29.6. The second-order valence-electron chi connectivity index (χ2n) is 10.2. The van der Waals surface area contributed by atoms with Crippen LogP contribution in [0.4, 0.5) is 0 Å². The van der Waals surface area contributed by atoms with Crippen molar-refractivity contribution in [2.75, 3.05) is 6.79 Å². The Hall–Kier alpha value is -3.74. The minimum atomic E-state index is -1.06. The van der Waals surface area contributed by atoms with Crippen LogP contribution in [0.25, 0.3) is 11.3 Å². The zero-order valence-electron chi connectivity index (χ0n) is 20.5. The first kappa shape index (κ1) is 22.7. The van der Waals surface area contributed by atoms with Crippen molar-refractivity contribution in [3.63, 3.8) is 0 Å². The lowest BCUT2D eigenvalue weighted by atomic mass is 9.91. The summed E-state index contributed by atoms with van der Waals surface area (Å²) in [6.45, 7) is 2.77. The summed E-state index contributed by atoms with van der Waals surface area (Å²) in [5, 5.41) is 3.30. The Kier molecular flexibility index (Phi) is 5.70. The van der Waals surface area contributed by atoms with Crippen molar-refractivity contribution in [2.24, 2.45) is 0 Å². The highest BCUT2D eigenvalue weighted by atomic mass is 16.7. The van der Waals surface area contributed by atoms with E-state index in [1.54, 1.807) is 4.90 Å². The molecule has 1 saturated carbocycles. The highest BCUT2D eigenvalue weighted by molar-refractivity contribution is 6.00. The predicted molar refractivity (Wildman–Crippen MR) is 136 cm³/mol. The van der Waals surface area contributed by atoms with E-state index in [4.69, 9.17) is 9.47 Å². The van der Waals surface area contributed by atoms with Crippen LogP contribution in [0.3, 0.4) is 0 Å². The van der Waals surface area contributed by atoms with E-state index in [-0.39, 0.29) is 24.6 Å². The van der Waals surface area contributed by atoms with Gasteiger partial charge in [0, 0.05) is 18.3 Å². The molecule has 7 heteroatoms. The van der Waals surface area contributed by atoms with Gasteiger partial charge in [-0.1, -0.05) is 55.7 Å². The Morgan fingerprint density at radius 2 is 1.72 bits per heavy atom. The molecule has 3 aromatic rings. The zero-order chi connectivity index (χ0) is 24.7. The van der Waals surface area contributed by atoms with Crippen molar-refractivity contribution in [3.05, 3.63) is 71.9 Å². The maximum atomic E-state index is 14.0. The van der Waals surface area contributed by atoms with Gasteiger partial charge >= 0.3 is 0 Å². The maximum absolute atomic E-state index is 14.0. The van der Waals surface area contributed by atoms with Crippen LogP contribution in [-0.4, -0.2) is 39.7 Å². The third kappa shape index (κ3) is 3.92. The van der Waals surface area contributed by atoms with E-state index < -0.39 is 5.54 Å². The second-order valence-corrected chi connectivity index (χ2v) is 10.2. The minimum Gasteiger partial charge on any atom is -0.454 e. The highest BCUT2D eigenvalue weighted by Gasteiger charge is 2.48. The lowest BCUT2D eigenvalue weighted by Gasteiger charge is -2.45. The van der Waals surface area contributed by atoms with Gasteiger partial charge in [0.2, 0.25) is 12.7 Å². The molecule has 186 valence electrons. The van der Waals surface area contributed by atoms with Crippen molar-refractivity contribution < 1.29 is 19.1 Å². The molecule has 0 bridgehead atoms. The molecule has 1 fully saturated rings. The molecule has 1 N–H and O–H groups in total. The average molecular weight is 486 g/mol. The molecule has 0 radical (unpaired) electrons. The molecule has 3 aliphatic rings. The van der Waals surface area contributed by atoms with Gasteiger partial charge in [0.25, 0.3) is 5.91 Å². The number of amides is 2. The molecule has 2 aromatic carbocycles. The molecule has 0 unspecified atom stereocenters. The van der Waals surface area contributed by atoms with Crippen LogP contribution in [0, 0.1) is 0 Å². The largest absolute Gasteiger partial charge is 0.454 e. The minimum absolute atomic E-state index is 0.0955. The maximum Gasteiger partial charge on any atom is 0.271 e. The molecule has 1 aliphatic carbocycles. The molecular formula is C29H31N3O4. The molecule has 1 atom stereocenters. The smallest absolute Gasteiger partial charge is 0.271 e. The topological polar surface area (TPSA) is 72.8 Å². The van der Waals surface area contributed by atoms with Gasteiger partial charge in [-0.2, -0.15) is 0 Å². The second kappa shape index (κ2) is 9.04. The van der Waals surface area contributed by atoms with Gasteiger partial charge in [-0.3, -0.25) is 9.59 Å². The van der Waals surface area contributed by atoms with Gasteiger partial charge in [-0.05, 0) is 55.2 Å². The average Bonchev–Trinajstić information content (AvgIpc) is 3.54. The number of carbonyl (C=O) groups excluding carboxylic acids is 2. The standard InChI is InChI=1S/C29H31N3O4/c1-29(28(34)30-22-10-6-3-7-11-22)18-31-23(21-8-4-2-5-9-21)13-14-24(31)27(33)32(29)17-20-12-15-25-26(16-20)36-19-35-25/h2,4-5,8-9,12-16,22H,3,6-7,10-11,17-19H2,1H3,(H,30,34)/t29-/m1/s1. The molecule has 6 rings (SSSR count). The van der Waals surface area contributed by atoms with Crippen molar-refractivity contribution in [2.45, 2.75) is 63.7 Å². The van der Waals surface area contributed by atoms with Crippen LogP contribution in [0.2, 0.25) is 0 Å². The molecular weight excluding hydrogens is 454 g/mol. The van der Waals surface area contributed by atoms with E-state index in [9.17, 15) is 9.59 Å². The summed E-state index contributed by atoms with van der Waals surface area (Å²) in [6, 6.07) is 19.7. The Morgan fingerprint density at radius 3 is 2.53 bits per heavy atom. The summed E-state index contributed by atoms with van der Waals surface area (Å²) in [5.41, 5.74) is 2.40. The van der Waals surface area contributed by atoms with Crippen LogP contribution < -0.4 is 14.8 Å². The molecule has 0 spiro atoms. The Labute approximate surface area is 211 Å². The lowest BCUT2D eigenvalue weighted by Crippen LogP contribution is -2.64. The lowest BCUT2D eigenvalue weighted by molar-refractivity contribution is -0.134. The SMILES string of the molecule is C[C@]1(C(=O)NC2CCCCC2)Cn2c(ccc2-c2ccccc2)C(=O)N1Cc1ccc2c(c1)OCO2. The zero-order valence-corrected chi connectivity index (χ0v) is 20.5. The summed E-state index contributed by atoms with van der Waals surface area (Å²) in [5.74, 6) is 1.12. The first-order valence-corrected chi connectivity index (χ1v) is 12.8. The van der Waals surface area contributed by atoms with Gasteiger partial charge in [0.05, 0.1) is 6.54 Å². The summed E-state index contributed by atoms with van der Waals surface area (Å²) in [7, 11) is 0. The van der Waals surface area contributed by atoms with Gasteiger partial charge in [0.15, 0.2) is 11.5 Å². The van der Waals surface area contributed by atoms with Gasteiger partial charge in [-0.25, -0.2) is 0 Å². The van der Waals surface area contributed by atoms with Gasteiger partial charge in [0.1, 0.15) is 11.2 Å².